The summed E-state index contributed by atoms with van der Waals surface area (Å²) in [7, 11) is 0. The molecule has 0 aliphatic heterocycles. The highest BCUT2D eigenvalue weighted by Crippen LogP contribution is 2.28. The molecular weight excluding hydrogens is 369 g/mol. The van der Waals surface area contributed by atoms with Gasteiger partial charge in [-0.1, -0.05) is 23.2 Å². The Morgan fingerprint density at radius 3 is 2.64 bits per heavy atom. The number of nitrogens with one attached hydrogen (secondary N) is 1. The second-order valence-electron chi connectivity index (χ2n) is 4.91. The lowest BCUT2D eigenvalue weighted by Crippen LogP contribution is -1.98. The van der Waals surface area contributed by atoms with E-state index in [1.807, 2.05) is 0 Å². The van der Waals surface area contributed by atoms with Gasteiger partial charge in [0.2, 0.25) is 5.89 Å². The summed E-state index contributed by atoms with van der Waals surface area (Å²) < 4.78 is 5.50. The van der Waals surface area contributed by atoms with E-state index < -0.39 is 4.92 Å². The highest BCUT2D eigenvalue weighted by atomic mass is 35.5. The summed E-state index contributed by atoms with van der Waals surface area (Å²) in [4.78, 5) is 26.0. The van der Waals surface area contributed by atoms with Gasteiger partial charge in [-0.05, 0) is 30.3 Å². The van der Waals surface area contributed by atoms with Gasteiger partial charge in [-0.15, -0.1) is 0 Å². The zero-order valence-electron chi connectivity index (χ0n) is 12.4. The number of allylic oxidation sites excluding steroid dienone is 1. The quantitative estimate of drug-likeness (QED) is 0.299. The zero-order valence-corrected chi connectivity index (χ0v) is 13.9. The Morgan fingerprint density at radius 2 is 1.92 bits per heavy atom. The van der Waals surface area contributed by atoms with Crippen LogP contribution in [-0.4, -0.2) is 16.2 Å². The molecule has 7 nitrogen and oxygen atoms in total. The van der Waals surface area contributed by atoms with E-state index in [9.17, 15) is 14.9 Å². The van der Waals surface area contributed by atoms with Crippen LogP contribution in [0, 0.1) is 10.1 Å². The number of oxazole rings is 1. The van der Waals surface area contributed by atoms with Crippen molar-refractivity contribution in [2.24, 2.45) is 0 Å². The molecule has 2 aromatic carbocycles. The molecule has 0 unspecified atom stereocenters. The molecule has 126 valence electrons. The van der Waals surface area contributed by atoms with Gasteiger partial charge in [0.15, 0.2) is 11.9 Å². The van der Waals surface area contributed by atoms with Gasteiger partial charge < -0.3 is 9.73 Å². The predicted octanol–water partition coefficient (Wildman–Crippen LogP) is 4.69. The number of aromatic nitrogens is 1. The van der Waals surface area contributed by atoms with Gasteiger partial charge in [0.25, 0.3) is 5.69 Å². The van der Waals surface area contributed by atoms with Crippen molar-refractivity contribution in [2.75, 3.05) is 5.32 Å². The van der Waals surface area contributed by atoms with Gasteiger partial charge in [-0.2, -0.15) is 0 Å². The van der Waals surface area contributed by atoms with Crippen LogP contribution in [0.25, 0.3) is 16.7 Å². The summed E-state index contributed by atoms with van der Waals surface area (Å²) in [5.74, 6) is 0.0661. The first-order valence-electron chi connectivity index (χ1n) is 6.90. The van der Waals surface area contributed by atoms with E-state index in [-0.39, 0.29) is 27.9 Å². The highest BCUT2D eigenvalue weighted by molar-refractivity contribution is 6.31. The van der Waals surface area contributed by atoms with Crippen LogP contribution in [0.4, 0.5) is 11.4 Å². The first kappa shape index (κ1) is 16.9. The number of nitrogens with zero attached hydrogens (tertiary/aromatic N) is 2. The molecule has 1 heterocycles. The number of carbonyl (C=O) groups is 1. The number of nitro benzene ring substituents is 1. The number of halogens is 2. The number of benzene rings is 2. The fourth-order valence-corrected chi connectivity index (χ4v) is 2.44. The Bertz CT molecular complexity index is 1010. The lowest BCUT2D eigenvalue weighted by Gasteiger charge is -2.03. The number of rotatable bonds is 5. The molecule has 0 aliphatic rings. The van der Waals surface area contributed by atoms with Crippen molar-refractivity contribution in [3.63, 3.8) is 0 Å². The molecule has 0 radical (unpaired) electrons. The fourth-order valence-electron chi connectivity index (χ4n) is 2.10. The highest BCUT2D eigenvalue weighted by Gasteiger charge is 2.15. The maximum atomic E-state index is 11.4. The SMILES string of the molecule is O=CC(=CNc1ccc(Cl)cc1[N+](=O)[O-])c1nc2cc(Cl)ccc2o1. The molecule has 25 heavy (non-hydrogen) atoms. The topological polar surface area (TPSA) is 98.3 Å². The number of anilines is 1. The van der Waals surface area contributed by atoms with Crippen molar-refractivity contribution in [2.45, 2.75) is 0 Å². The van der Waals surface area contributed by atoms with E-state index in [4.69, 9.17) is 27.6 Å². The van der Waals surface area contributed by atoms with E-state index in [2.05, 4.69) is 10.3 Å². The van der Waals surface area contributed by atoms with Gasteiger partial charge >= 0.3 is 0 Å². The van der Waals surface area contributed by atoms with Crippen molar-refractivity contribution in [1.82, 2.24) is 4.98 Å². The molecule has 3 rings (SSSR count). The summed E-state index contributed by atoms with van der Waals surface area (Å²) in [5.41, 5.74) is 0.986. The minimum absolute atomic E-state index is 0.0661. The van der Waals surface area contributed by atoms with Gasteiger partial charge in [-0.3, -0.25) is 14.9 Å². The number of hydrogen-bond donors (Lipinski definition) is 1. The van der Waals surface area contributed by atoms with Crippen molar-refractivity contribution in [3.8, 4) is 0 Å². The van der Waals surface area contributed by atoms with Gasteiger partial charge in [0.05, 0.1) is 10.5 Å². The van der Waals surface area contributed by atoms with Crippen LogP contribution in [-0.2, 0) is 4.79 Å². The van der Waals surface area contributed by atoms with E-state index in [0.29, 0.717) is 22.4 Å². The van der Waals surface area contributed by atoms with Crippen molar-refractivity contribution < 1.29 is 14.1 Å². The molecule has 0 spiro atoms. The molecule has 1 aromatic heterocycles. The summed E-state index contributed by atoms with van der Waals surface area (Å²) in [6.45, 7) is 0. The standard InChI is InChI=1S/C16H9Cl2N3O4/c17-10-2-4-15-13(5-10)20-16(25-15)9(8-22)7-19-12-3-1-11(18)6-14(12)21(23)24/h1-8,19H. The number of aldehydes is 1. The first-order chi connectivity index (χ1) is 12.0. The third-order valence-electron chi connectivity index (χ3n) is 3.26. The van der Waals surface area contributed by atoms with Gasteiger partial charge in [0.1, 0.15) is 11.2 Å². The Morgan fingerprint density at radius 1 is 1.20 bits per heavy atom. The monoisotopic (exact) mass is 377 g/mol. The van der Waals surface area contributed by atoms with Crippen molar-refractivity contribution in [1.29, 1.82) is 0 Å². The van der Waals surface area contributed by atoms with E-state index in [1.54, 1.807) is 18.2 Å². The Balaban J connectivity index is 1.95. The van der Waals surface area contributed by atoms with E-state index in [0.717, 1.165) is 0 Å². The number of nitro groups is 1. The van der Waals surface area contributed by atoms with Crippen LogP contribution in [0.5, 0.6) is 0 Å². The molecule has 0 atom stereocenters. The van der Waals surface area contributed by atoms with Crippen LogP contribution < -0.4 is 5.32 Å². The Labute approximate surface area is 151 Å². The fraction of sp³-hybridized carbons (Fsp3) is 0. The normalized spacial score (nSPS) is 11.5. The summed E-state index contributed by atoms with van der Waals surface area (Å²) in [6.07, 6.45) is 1.80. The van der Waals surface area contributed by atoms with Crippen molar-refractivity contribution >= 4 is 57.5 Å². The third-order valence-corrected chi connectivity index (χ3v) is 3.73. The summed E-state index contributed by atoms with van der Waals surface area (Å²) >= 11 is 11.7. The number of carbonyl (C=O) groups excluding carboxylic acids is 1. The predicted molar refractivity (Wildman–Crippen MR) is 94.8 cm³/mol. The molecule has 3 aromatic rings. The largest absolute Gasteiger partial charge is 0.436 e. The van der Waals surface area contributed by atoms with E-state index in [1.165, 1.54) is 24.4 Å². The third kappa shape index (κ3) is 3.62. The Hall–Kier alpha value is -2.90. The first-order valence-corrected chi connectivity index (χ1v) is 7.66. The molecule has 0 amide bonds. The maximum absolute atomic E-state index is 11.4. The smallest absolute Gasteiger partial charge is 0.294 e. The maximum Gasteiger partial charge on any atom is 0.294 e. The zero-order chi connectivity index (χ0) is 18.0. The number of hydrogen-bond acceptors (Lipinski definition) is 6. The van der Waals surface area contributed by atoms with Gasteiger partial charge in [0, 0.05) is 22.3 Å². The van der Waals surface area contributed by atoms with Crippen LogP contribution in [0.2, 0.25) is 10.0 Å². The average molecular weight is 378 g/mol. The second-order valence-corrected chi connectivity index (χ2v) is 5.78. The van der Waals surface area contributed by atoms with E-state index >= 15 is 0 Å². The van der Waals surface area contributed by atoms with Crippen LogP contribution >= 0.6 is 23.2 Å². The van der Waals surface area contributed by atoms with Crippen molar-refractivity contribution in [3.05, 3.63) is 68.6 Å². The average Bonchev–Trinajstić information content (AvgIpc) is 2.99. The molecule has 0 saturated heterocycles. The lowest BCUT2D eigenvalue weighted by atomic mass is 10.2. The van der Waals surface area contributed by atoms with Crippen LogP contribution in [0.1, 0.15) is 5.89 Å². The summed E-state index contributed by atoms with van der Waals surface area (Å²) in [5, 5.41) is 14.5. The minimum Gasteiger partial charge on any atom is -0.436 e. The molecule has 1 N–H and O–H groups in total. The molecule has 0 fully saturated rings. The summed E-state index contributed by atoms with van der Waals surface area (Å²) in [6, 6.07) is 9.01. The molecular formula is C16H9Cl2N3O4. The molecule has 9 heteroatoms. The van der Waals surface area contributed by atoms with Crippen LogP contribution in [0.15, 0.2) is 47.0 Å². The minimum atomic E-state index is -0.579. The molecule has 0 aliphatic carbocycles. The molecule has 0 bridgehead atoms. The second kappa shape index (κ2) is 6.92. The van der Waals surface area contributed by atoms with Crippen LogP contribution in [0.3, 0.4) is 0 Å². The number of fused-ring (bicyclic) bond motifs is 1. The van der Waals surface area contributed by atoms with Gasteiger partial charge in [-0.25, -0.2) is 4.98 Å². The lowest BCUT2D eigenvalue weighted by molar-refractivity contribution is -0.383. The molecule has 0 saturated carbocycles. The Kier molecular flexibility index (Phi) is 4.69.